The molecule has 0 amide bonds. The lowest BCUT2D eigenvalue weighted by Crippen LogP contribution is -2.27. The maximum absolute atomic E-state index is 12.0. The normalized spacial score (nSPS) is 35.1. The van der Waals surface area contributed by atoms with Crippen LogP contribution in [-0.4, -0.2) is 17.9 Å². The zero-order chi connectivity index (χ0) is 13.0. The third kappa shape index (κ3) is 1.36. The van der Waals surface area contributed by atoms with E-state index in [1.54, 1.807) is 6.08 Å². The molecule has 1 fully saturated rings. The van der Waals surface area contributed by atoms with Gasteiger partial charge in [0.05, 0.1) is 0 Å². The first-order valence-electron chi connectivity index (χ1n) is 6.32. The zero-order valence-corrected chi connectivity index (χ0v) is 10.7. The van der Waals surface area contributed by atoms with Crippen molar-refractivity contribution in [3.05, 3.63) is 34.9 Å². The molecular formula is C15H16O3. The smallest absolute Gasteiger partial charge is 0.334 e. The molecule has 3 heteroatoms. The van der Waals surface area contributed by atoms with Gasteiger partial charge in [-0.1, -0.05) is 17.7 Å². The molecule has 3 nitrogen and oxygen atoms in total. The molecule has 0 aromatic heterocycles. The minimum absolute atomic E-state index is 0.0480. The van der Waals surface area contributed by atoms with Crippen LogP contribution < -0.4 is 0 Å². The number of ether oxygens (including phenoxy) is 1. The van der Waals surface area contributed by atoms with Crippen molar-refractivity contribution in [2.45, 2.75) is 32.8 Å². The second-order valence-corrected chi connectivity index (χ2v) is 5.46. The summed E-state index contributed by atoms with van der Waals surface area (Å²) < 4.78 is 5.47. The van der Waals surface area contributed by atoms with Crippen LogP contribution in [0.1, 0.15) is 26.7 Å². The summed E-state index contributed by atoms with van der Waals surface area (Å²) in [5, 5.41) is 0. The fourth-order valence-electron chi connectivity index (χ4n) is 3.43. The maximum Gasteiger partial charge on any atom is 0.334 e. The van der Waals surface area contributed by atoms with E-state index in [0.717, 1.165) is 29.6 Å². The highest BCUT2D eigenvalue weighted by Gasteiger charge is 2.49. The van der Waals surface area contributed by atoms with Crippen LogP contribution in [0.2, 0.25) is 0 Å². The predicted molar refractivity (Wildman–Crippen MR) is 66.7 cm³/mol. The highest BCUT2D eigenvalue weighted by atomic mass is 16.6. The highest BCUT2D eigenvalue weighted by Crippen LogP contribution is 2.47. The predicted octanol–water partition coefficient (Wildman–Crippen LogP) is 2.34. The Balaban J connectivity index is 2.10. The van der Waals surface area contributed by atoms with E-state index < -0.39 is 0 Å². The van der Waals surface area contributed by atoms with Gasteiger partial charge < -0.3 is 4.74 Å². The molecule has 18 heavy (non-hydrogen) atoms. The van der Waals surface area contributed by atoms with E-state index in [4.69, 9.17) is 4.74 Å². The molecule has 2 aliphatic carbocycles. The van der Waals surface area contributed by atoms with Gasteiger partial charge in [-0.15, -0.1) is 0 Å². The van der Waals surface area contributed by atoms with Crippen LogP contribution in [0.25, 0.3) is 0 Å². The van der Waals surface area contributed by atoms with E-state index in [9.17, 15) is 9.59 Å². The molecule has 1 aliphatic heterocycles. The summed E-state index contributed by atoms with van der Waals surface area (Å²) in [6, 6.07) is 0. The first-order chi connectivity index (χ1) is 8.50. The van der Waals surface area contributed by atoms with Crippen molar-refractivity contribution >= 4 is 11.8 Å². The number of hydrogen-bond acceptors (Lipinski definition) is 3. The van der Waals surface area contributed by atoms with Gasteiger partial charge >= 0.3 is 5.97 Å². The summed E-state index contributed by atoms with van der Waals surface area (Å²) in [6.07, 6.45) is 3.15. The highest BCUT2D eigenvalue weighted by molar-refractivity contribution is 6.09. The molecule has 0 N–H and O–H groups in total. The Morgan fingerprint density at radius 2 is 2.06 bits per heavy atom. The Bertz CT molecular complexity index is 536. The molecule has 0 spiro atoms. The summed E-state index contributed by atoms with van der Waals surface area (Å²) in [5.41, 5.74) is 3.56. The Morgan fingerprint density at radius 1 is 1.33 bits per heavy atom. The lowest BCUT2D eigenvalue weighted by atomic mass is 9.83. The Labute approximate surface area is 106 Å². The first kappa shape index (κ1) is 11.5. The molecule has 0 aromatic rings. The van der Waals surface area contributed by atoms with Gasteiger partial charge in [0.15, 0.2) is 5.78 Å². The van der Waals surface area contributed by atoms with Crippen molar-refractivity contribution < 1.29 is 14.3 Å². The van der Waals surface area contributed by atoms with Crippen LogP contribution in [-0.2, 0) is 14.3 Å². The monoisotopic (exact) mass is 244 g/mol. The SMILES string of the molecule is C=C1C(=O)O[C@H]2[C@H]3C(C)=CC(=O)C3=C(C)CC[C@@H]12. The molecule has 0 aromatic carbocycles. The number of fused-ring (bicyclic) bond motifs is 3. The van der Waals surface area contributed by atoms with E-state index in [1.165, 1.54) is 0 Å². The van der Waals surface area contributed by atoms with Crippen LogP contribution in [0.5, 0.6) is 0 Å². The third-order valence-electron chi connectivity index (χ3n) is 4.39. The van der Waals surface area contributed by atoms with E-state index in [0.29, 0.717) is 5.57 Å². The number of rotatable bonds is 0. The van der Waals surface area contributed by atoms with Gasteiger partial charge in [-0.2, -0.15) is 0 Å². The molecule has 3 rings (SSSR count). The molecule has 1 saturated heterocycles. The van der Waals surface area contributed by atoms with Crippen molar-refractivity contribution in [1.82, 2.24) is 0 Å². The summed E-state index contributed by atoms with van der Waals surface area (Å²) >= 11 is 0. The minimum Gasteiger partial charge on any atom is -0.457 e. The van der Waals surface area contributed by atoms with Crippen LogP contribution in [0, 0.1) is 11.8 Å². The first-order valence-corrected chi connectivity index (χ1v) is 6.32. The van der Waals surface area contributed by atoms with Crippen molar-refractivity contribution in [1.29, 1.82) is 0 Å². The van der Waals surface area contributed by atoms with Gasteiger partial charge in [0.2, 0.25) is 0 Å². The molecule has 1 heterocycles. The number of hydrogen-bond donors (Lipinski definition) is 0. The summed E-state index contributed by atoms with van der Waals surface area (Å²) in [4.78, 5) is 23.7. The summed E-state index contributed by atoms with van der Waals surface area (Å²) in [7, 11) is 0. The molecule has 3 atom stereocenters. The quantitative estimate of drug-likeness (QED) is 0.485. The Hall–Kier alpha value is -1.64. The standard InChI is InChI=1S/C15H16O3/c1-7-4-5-10-9(3)15(17)18-14(10)13-8(2)6-11(16)12(7)13/h6,10,13-14H,3-5H2,1-2H3/t10-,13-,14+/m0/s1. The molecular weight excluding hydrogens is 228 g/mol. The van der Waals surface area contributed by atoms with Gasteiger partial charge in [0.25, 0.3) is 0 Å². The Morgan fingerprint density at radius 3 is 2.78 bits per heavy atom. The van der Waals surface area contributed by atoms with Crippen LogP contribution >= 0.6 is 0 Å². The lowest BCUT2D eigenvalue weighted by Gasteiger charge is -2.23. The van der Waals surface area contributed by atoms with Gasteiger partial charge in [-0.25, -0.2) is 4.79 Å². The van der Waals surface area contributed by atoms with Gasteiger partial charge in [0, 0.05) is 23.0 Å². The number of carbonyl (C=O) groups excluding carboxylic acids is 2. The van der Waals surface area contributed by atoms with Crippen molar-refractivity contribution in [3.63, 3.8) is 0 Å². The zero-order valence-electron chi connectivity index (χ0n) is 10.7. The molecule has 3 aliphatic rings. The third-order valence-corrected chi connectivity index (χ3v) is 4.39. The number of esters is 1. The van der Waals surface area contributed by atoms with Crippen LogP contribution in [0.4, 0.5) is 0 Å². The summed E-state index contributed by atoms with van der Waals surface area (Å²) in [5.74, 6) is -0.197. The maximum atomic E-state index is 12.0. The fourth-order valence-corrected chi connectivity index (χ4v) is 3.43. The molecule has 0 saturated carbocycles. The lowest BCUT2D eigenvalue weighted by molar-refractivity contribution is -0.140. The van der Waals surface area contributed by atoms with E-state index in [2.05, 4.69) is 6.58 Å². The van der Waals surface area contributed by atoms with E-state index in [1.807, 2.05) is 13.8 Å². The van der Waals surface area contributed by atoms with Gasteiger partial charge in [0.1, 0.15) is 6.10 Å². The topological polar surface area (TPSA) is 43.4 Å². The van der Waals surface area contributed by atoms with Gasteiger partial charge in [-0.3, -0.25) is 4.79 Å². The summed E-state index contributed by atoms with van der Waals surface area (Å²) in [6.45, 7) is 7.80. The number of allylic oxidation sites excluding steroid dienone is 2. The van der Waals surface area contributed by atoms with Crippen molar-refractivity contribution in [2.24, 2.45) is 11.8 Å². The average Bonchev–Trinajstić information content (AvgIpc) is 2.68. The molecule has 0 bridgehead atoms. The van der Waals surface area contributed by atoms with Crippen molar-refractivity contribution in [2.75, 3.05) is 0 Å². The van der Waals surface area contributed by atoms with E-state index >= 15 is 0 Å². The van der Waals surface area contributed by atoms with E-state index in [-0.39, 0.29) is 29.7 Å². The van der Waals surface area contributed by atoms with Crippen molar-refractivity contribution in [3.8, 4) is 0 Å². The molecule has 94 valence electrons. The largest absolute Gasteiger partial charge is 0.457 e. The van der Waals surface area contributed by atoms with Crippen LogP contribution in [0.15, 0.2) is 34.9 Å². The molecule has 0 radical (unpaired) electrons. The average molecular weight is 244 g/mol. The second-order valence-electron chi connectivity index (χ2n) is 5.46. The minimum atomic E-state index is -0.295. The number of ketones is 1. The molecule has 0 unspecified atom stereocenters. The fraction of sp³-hybridized carbons (Fsp3) is 0.467. The van der Waals surface area contributed by atoms with Gasteiger partial charge in [-0.05, 0) is 32.8 Å². The number of carbonyl (C=O) groups is 2. The Kier molecular flexibility index (Phi) is 2.34. The second kappa shape index (κ2) is 3.67. The van der Waals surface area contributed by atoms with Crippen LogP contribution in [0.3, 0.4) is 0 Å².